The van der Waals surface area contributed by atoms with Crippen LogP contribution in [0.25, 0.3) is 0 Å². The molecule has 0 unspecified atom stereocenters. The van der Waals surface area contributed by atoms with Crippen LogP contribution >= 0.6 is 0 Å². The molecule has 0 radical (unpaired) electrons. The normalized spacial score (nSPS) is 15.8. The highest BCUT2D eigenvalue weighted by Crippen LogP contribution is 2.43. The zero-order chi connectivity index (χ0) is 16.4. The van der Waals surface area contributed by atoms with E-state index in [9.17, 15) is 4.79 Å². The Bertz CT molecular complexity index is 742. The minimum atomic E-state index is -0.238. The first-order valence-electron chi connectivity index (χ1n) is 7.37. The van der Waals surface area contributed by atoms with Crippen molar-refractivity contribution in [3.63, 3.8) is 0 Å². The molecular weight excluding hydrogens is 294 g/mol. The zero-order valence-corrected chi connectivity index (χ0v) is 13.4. The van der Waals surface area contributed by atoms with Crippen molar-refractivity contribution in [3.05, 3.63) is 47.5 Å². The smallest absolute Gasteiger partial charge is 0.232 e. The predicted molar refractivity (Wildman–Crippen MR) is 87.6 cm³/mol. The number of ether oxygens (including phenoxy) is 3. The molecule has 2 aromatic rings. The van der Waals surface area contributed by atoms with Crippen LogP contribution in [0.3, 0.4) is 0 Å². The Morgan fingerprint density at radius 3 is 2.39 bits per heavy atom. The molecule has 5 nitrogen and oxygen atoms in total. The van der Waals surface area contributed by atoms with Crippen molar-refractivity contribution >= 4 is 11.6 Å². The maximum absolute atomic E-state index is 12.3. The van der Waals surface area contributed by atoms with Crippen LogP contribution in [0.2, 0.25) is 0 Å². The van der Waals surface area contributed by atoms with Crippen LogP contribution in [0.4, 0.5) is 5.69 Å². The summed E-state index contributed by atoms with van der Waals surface area (Å²) in [6.45, 7) is 0. The van der Waals surface area contributed by atoms with E-state index >= 15 is 0 Å². The molecule has 0 saturated carbocycles. The highest BCUT2D eigenvalue weighted by Gasteiger charge is 2.31. The first-order valence-corrected chi connectivity index (χ1v) is 7.37. The fourth-order valence-electron chi connectivity index (χ4n) is 3.02. The predicted octanol–water partition coefficient (Wildman–Crippen LogP) is 2.99. The summed E-state index contributed by atoms with van der Waals surface area (Å²) in [4.78, 5) is 12.3. The number of anilines is 1. The number of carbonyl (C=O) groups is 1. The maximum atomic E-state index is 12.3. The number of methoxy groups -OCH3 is 3. The molecule has 0 spiro atoms. The van der Waals surface area contributed by atoms with Gasteiger partial charge >= 0.3 is 0 Å². The van der Waals surface area contributed by atoms with Gasteiger partial charge in [0.25, 0.3) is 0 Å². The lowest BCUT2D eigenvalue weighted by atomic mass is 9.92. The highest BCUT2D eigenvalue weighted by atomic mass is 16.5. The summed E-state index contributed by atoms with van der Waals surface area (Å²) in [5, 5.41) is 2.92. The number of para-hydroxylation sites is 1. The van der Waals surface area contributed by atoms with Gasteiger partial charge in [-0.1, -0.05) is 24.3 Å². The molecule has 2 aromatic carbocycles. The molecular formula is C18H19NO4. The molecule has 120 valence electrons. The lowest BCUT2D eigenvalue weighted by Gasteiger charge is -2.17. The van der Waals surface area contributed by atoms with Gasteiger partial charge in [0.15, 0.2) is 11.5 Å². The van der Waals surface area contributed by atoms with Crippen LogP contribution < -0.4 is 19.5 Å². The second-order valence-corrected chi connectivity index (χ2v) is 5.33. The third kappa shape index (κ3) is 2.59. The van der Waals surface area contributed by atoms with Crippen molar-refractivity contribution in [2.45, 2.75) is 12.3 Å². The monoisotopic (exact) mass is 313 g/mol. The van der Waals surface area contributed by atoms with Gasteiger partial charge in [-0.15, -0.1) is 0 Å². The number of rotatable bonds is 5. The van der Waals surface area contributed by atoms with E-state index in [1.807, 2.05) is 36.4 Å². The van der Waals surface area contributed by atoms with Gasteiger partial charge in [0, 0.05) is 5.69 Å². The molecule has 1 amide bonds. The van der Waals surface area contributed by atoms with E-state index in [-0.39, 0.29) is 11.8 Å². The molecule has 0 aromatic heterocycles. The Morgan fingerprint density at radius 2 is 1.70 bits per heavy atom. The van der Waals surface area contributed by atoms with Crippen molar-refractivity contribution in [1.29, 1.82) is 0 Å². The number of nitrogens with one attached hydrogen (secondary N) is 1. The number of amides is 1. The second kappa shape index (κ2) is 6.20. The zero-order valence-electron chi connectivity index (χ0n) is 13.4. The van der Waals surface area contributed by atoms with E-state index in [0.29, 0.717) is 23.7 Å². The molecule has 0 fully saturated rings. The van der Waals surface area contributed by atoms with E-state index in [1.165, 1.54) is 0 Å². The Labute approximate surface area is 135 Å². The molecule has 0 saturated heterocycles. The Kier molecular flexibility index (Phi) is 4.10. The van der Waals surface area contributed by atoms with Gasteiger partial charge in [-0.05, 0) is 29.7 Å². The van der Waals surface area contributed by atoms with Gasteiger partial charge in [0.1, 0.15) is 0 Å². The third-order valence-electron chi connectivity index (χ3n) is 4.12. The maximum Gasteiger partial charge on any atom is 0.232 e. The summed E-state index contributed by atoms with van der Waals surface area (Å²) in [5.41, 5.74) is 2.79. The number of fused-ring (bicyclic) bond motifs is 1. The molecule has 0 bridgehead atoms. The van der Waals surface area contributed by atoms with Crippen molar-refractivity contribution < 1.29 is 19.0 Å². The molecule has 23 heavy (non-hydrogen) atoms. The SMILES string of the molecule is COc1ccc(C[C@H]2C(=O)Nc3ccccc32)c(OC)c1OC. The first kappa shape index (κ1) is 15.2. The minimum Gasteiger partial charge on any atom is -0.493 e. The summed E-state index contributed by atoms with van der Waals surface area (Å²) >= 11 is 0. The van der Waals surface area contributed by atoms with Crippen LogP contribution in [0.1, 0.15) is 17.0 Å². The molecule has 5 heteroatoms. The molecule has 0 aliphatic carbocycles. The number of benzene rings is 2. The lowest BCUT2D eigenvalue weighted by Crippen LogP contribution is -2.15. The average Bonchev–Trinajstić information content (AvgIpc) is 2.90. The van der Waals surface area contributed by atoms with Gasteiger partial charge in [-0.25, -0.2) is 0 Å². The number of hydrogen-bond acceptors (Lipinski definition) is 4. The van der Waals surface area contributed by atoms with Crippen molar-refractivity contribution in [1.82, 2.24) is 0 Å². The van der Waals surface area contributed by atoms with Crippen molar-refractivity contribution in [3.8, 4) is 17.2 Å². The second-order valence-electron chi connectivity index (χ2n) is 5.33. The summed E-state index contributed by atoms with van der Waals surface area (Å²) in [7, 11) is 4.74. The highest BCUT2D eigenvalue weighted by molar-refractivity contribution is 6.03. The summed E-state index contributed by atoms with van der Waals surface area (Å²) < 4.78 is 16.2. The molecule has 1 atom stereocenters. The Balaban J connectivity index is 1.99. The number of carbonyl (C=O) groups excluding carboxylic acids is 1. The van der Waals surface area contributed by atoms with E-state index < -0.39 is 0 Å². The molecule has 1 heterocycles. The fourth-order valence-corrected chi connectivity index (χ4v) is 3.02. The van der Waals surface area contributed by atoms with Gasteiger partial charge in [-0.3, -0.25) is 4.79 Å². The summed E-state index contributed by atoms with van der Waals surface area (Å²) in [6.07, 6.45) is 0.534. The van der Waals surface area contributed by atoms with Gasteiger partial charge in [0.2, 0.25) is 11.7 Å². The molecule has 3 rings (SSSR count). The standard InChI is InChI=1S/C18H19NO4/c1-21-15-9-8-11(16(22-2)17(15)23-3)10-13-12-6-4-5-7-14(12)19-18(13)20/h4-9,13H,10H2,1-3H3,(H,19,20)/t13-/m1/s1. The molecule has 1 aliphatic rings. The number of hydrogen-bond donors (Lipinski definition) is 1. The first-order chi connectivity index (χ1) is 11.2. The van der Waals surface area contributed by atoms with Crippen molar-refractivity contribution in [2.24, 2.45) is 0 Å². The minimum absolute atomic E-state index is 0.00281. The Hall–Kier alpha value is -2.69. The van der Waals surface area contributed by atoms with Crippen LogP contribution in [-0.4, -0.2) is 27.2 Å². The van der Waals surface area contributed by atoms with Crippen LogP contribution in [0.15, 0.2) is 36.4 Å². The lowest BCUT2D eigenvalue weighted by molar-refractivity contribution is -0.117. The van der Waals surface area contributed by atoms with Gasteiger partial charge in [-0.2, -0.15) is 0 Å². The quantitative estimate of drug-likeness (QED) is 0.922. The topological polar surface area (TPSA) is 56.8 Å². The summed E-state index contributed by atoms with van der Waals surface area (Å²) in [5.74, 6) is 1.51. The molecule has 1 aliphatic heterocycles. The fraction of sp³-hybridized carbons (Fsp3) is 0.278. The summed E-state index contributed by atoms with van der Waals surface area (Å²) in [6, 6.07) is 11.5. The average molecular weight is 313 g/mol. The third-order valence-corrected chi connectivity index (χ3v) is 4.12. The van der Waals surface area contributed by atoms with Crippen molar-refractivity contribution in [2.75, 3.05) is 26.6 Å². The van der Waals surface area contributed by atoms with Crippen LogP contribution in [-0.2, 0) is 11.2 Å². The molecule has 1 N–H and O–H groups in total. The van der Waals surface area contributed by atoms with Crippen LogP contribution in [0.5, 0.6) is 17.2 Å². The Morgan fingerprint density at radius 1 is 0.957 bits per heavy atom. The van der Waals surface area contributed by atoms with E-state index in [1.54, 1.807) is 21.3 Å². The van der Waals surface area contributed by atoms with E-state index in [0.717, 1.165) is 16.8 Å². The van der Waals surface area contributed by atoms with Crippen LogP contribution in [0, 0.1) is 0 Å². The van der Waals surface area contributed by atoms with E-state index in [2.05, 4.69) is 5.32 Å². The van der Waals surface area contributed by atoms with Gasteiger partial charge < -0.3 is 19.5 Å². The van der Waals surface area contributed by atoms with Gasteiger partial charge in [0.05, 0.1) is 27.2 Å². The van der Waals surface area contributed by atoms with E-state index in [4.69, 9.17) is 14.2 Å². The largest absolute Gasteiger partial charge is 0.493 e.